The van der Waals surface area contributed by atoms with Gasteiger partial charge in [0.15, 0.2) is 17.5 Å². The summed E-state index contributed by atoms with van der Waals surface area (Å²) in [5.41, 5.74) is 13.5. The van der Waals surface area contributed by atoms with Crippen LogP contribution in [0, 0.1) is 0 Å². The van der Waals surface area contributed by atoms with Gasteiger partial charge < -0.3 is 9.13 Å². The summed E-state index contributed by atoms with van der Waals surface area (Å²) < 4.78 is 4.59. The zero-order valence-electron chi connectivity index (χ0n) is 34.5. The molecule has 0 atom stereocenters. The smallest absolute Gasteiger partial charge is 0.182 e. The van der Waals surface area contributed by atoms with E-state index in [1.165, 1.54) is 21.7 Å². The minimum absolute atomic E-state index is 0.523. The molecule has 0 radical (unpaired) electrons. The van der Waals surface area contributed by atoms with Gasteiger partial charge in [-0.2, -0.15) is 0 Å². The van der Waals surface area contributed by atoms with Gasteiger partial charge in [0.2, 0.25) is 0 Å². The Balaban J connectivity index is 0.961. The van der Waals surface area contributed by atoms with Crippen LogP contribution in [-0.2, 0) is 0 Å². The van der Waals surface area contributed by atoms with Crippen molar-refractivity contribution in [2.45, 2.75) is 13.8 Å². The van der Waals surface area contributed by atoms with Crippen LogP contribution in [0.5, 0.6) is 0 Å². The van der Waals surface area contributed by atoms with E-state index < -0.39 is 0 Å². The highest BCUT2D eigenvalue weighted by atomic mass is 15.0. The van der Waals surface area contributed by atoms with Crippen molar-refractivity contribution in [1.29, 1.82) is 0 Å². The topological polar surface area (TPSA) is 61.4 Å². The number of fused-ring (bicyclic) bond motifs is 4. The lowest BCUT2D eigenvalue weighted by Crippen LogP contribution is -2.01. The molecule has 4 aromatic heterocycles. The normalized spacial score (nSPS) is 12.2. The summed E-state index contributed by atoms with van der Waals surface area (Å²) in [6.07, 6.45) is 12.7. The molecule has 6 aromatic carbocycles. The van der Waals surface area contributed by atoms with Crippen LogP contribution in [0.4, 0.5) is 0 Å². The van der Waals surface area contributed by atoms with Gasteiger partial charge in [0.05, 0.1) is 16.6 Å². The largest absolute Gasteiger partial charge is 0.316 e. The highest BCUT2D eigenvalue weighted by molar-refractivity contribution is 6.11. The molecule has 0 saturated carbocycles. The van der Waals surface area contributed by atoms with Gasteiger partial charge in [-0.3, -0.25) is 4.98 Å². The molecular weight excluding hydrogens is 757 g/mol. The summed E-state index contributed by atoms with van der Waals surface area (Å²) in [7, 11) is 0. The molecule has 296 valence electrons. The number of para-hydroxylation sites is 3. The Kier molecular flexibility index (Phi) is 10.1. The van der Waals surface area contributed by atoms with E-state index in [2.05, 4.69) is 157 Å². The summed E-state index contributed by atoms with van der Waals surface area (Å²) in [6.45, 7) is 8.72. The first kappa shape index (κ1) is 38.0. The molecule has 0 bridgehead atoms. The SMILES string of the molecule is C=C(/C=C\c1cn(-c2ccccc2)c2ccccc12)/C(C)=C/C=C(\C)n1c2ccccc2c2cc(-c3ccnc(-c4nc(-c5ccccc5)nc(-c5ccccc5)n4)c3)ccc21. The second-order valence-corrected chi connectivity index (χ2v) is 15.4. The van der Waals surface area contributed by atoms with E-state index in [1.807, 2.05) is 79.0 Å². The van der Waals surface area contributed by atoms with Crippen LogP contribution in [0.15, 0.2) is 218 Å². The summed E-state index contributed by atoms with van der Waals surface area (Å²) in [6, 6.07) is 58.4. The van der Waals surface area contributed by atoms with Gasteiger partial charge in [-0.15, -0.1) is 0 Å². The quantitative estimate of drug-likeness (QED) is 0.129. The van der Waals surface area contributed by atoms with Crippen molar-refractivity contribution < 1.29 is 0 Å². The average molecular weight is 799 g/mol. The van der Waals surface area contributed by atoms with Gasteiger partial charge in [-0.05, 0) is 90.7 Å². The summed E-state index contributed by atoms with van der Waals surface area (Å²) >= 11 is 0. The van der Waals surface area contributed by atoms with Crippen molar-refractivity contribution in [1.82, 2.24) is 29.1 Å². The number of aromatic nitrogens is 6. The van der Waals surface area contributed by atoms with Gasteiger partial charge in [-0.25, -0.2) is 15.0 Å². The molecule has 62 heavy (non-hydrogen) atoms. The third kappa shape index (κ3) is 7.35. The Morgan fingerprint density at radius 3 is 1.81 bits per heavy atom. The van der Waals surface area contributed by atoms with Crippen LogP contribution < -0.4 is 0 Å². The van der Waals surface area contributed by atoms with Crippen molar-refractivity contribution >= 4 is 44.5 Å². The van der Waals surface area contributed by atoms with E-state index in [0.29, 0.717) is 23.2 Å². The van der Waals surface area contributed by atoms with Crippen LogP contribution >= 0.6 is 0 Å². The lowest BCUT2D eigenvalue weighted by molar-refractivity contribution is 1.06. The molecule has 10 aromatic rings. The van der Waals surface area contributed by atoms with Crippen molar-refractivity contribution in [2.24, 2.45) is 0 Å². The van der Waals surface area contributed by atoms with E-state index in [9.17, 15) is 0 Å². The van der Waals surface area contributed by atoms with Gasteiger partial charge in [-0.1, -0.05) is 146 Å². The lowest BCUT2D eigenvalue weighted by Gasteiger charge is -2.10. The zero-order chi connectivity index (χ0) is 42.0. The average Bonchev–Trinajstić information content (AvgIpc) is 3.88. The van der Waals surface area contributed by atoms with Gasteiger partial charge in [0, 0.05) is 56.6 Å². The maximum Gasteiger partial charge on any atom is 0.182 e. The number of hydrogen-bond donors (Lipinski definition) is 0. The third-order valence-electron chi connectivity index (χ3n) is 11.4. The van der Waals surface area contributed by atoms with Crippen molar-refractivity contribution in [3.8, 4) is 51.1 Å². The summed E-state index contributed by atoms with van der Waals surface area (Å²) in [4.78, 5) is 19.5. The molecule has 0 aliphatic rings. The predicted octanol–water partition coefficient (Wildman–Crippen LogP) is 14.1. The molecule has 0 amide bonds. The number of rotatable bonds is 10. The molecule has 0 N–H and O–H groups in total. The number of pyridine rings is 1. The molecule has 0 fully saturated rings. The molecule has 0 aliphatic carbocycles. The third-order valence-corrected chi connectivity index (χ3v) is 11.4. The monoisotopic (exact) mass is 798 g/mol. The molecule has 6 heteroatoms. The van der Waals surface area contributed by atoms with Crippen LogP contribution in [-0.4, -0.2) is 29.1 Å². The maximum absolute atomic E-state index is 4.93. The molecule has 0 aliphatic heterocycles. The van der Waals surface area contributed by atoms with Crippen molar-refractivity contribution in [2.75, 3.05) is 0 Å². The van der Waals surface area contributed by atoms with Crippen molar-refractivity contribution in [3.63, 3.8) is 0 Å². The minimum Gasteiger partial charge on any atom is -0.316 e. The lowest BCUT2D eigenvalue weighted by atomic mass is 10.0. The number of nitrogens with zero attached hydrogens (tertiary/aromatic N) is 6. The van der Waals surface area contributed by atoms with Crippen molar-refractivity contribution in [3.05, 3.63) is 224 Å². The second-order valence-electron chi connectivity index (χ2n) is 15.4. The number of allylic oxidation sites excluding steroid dienone is 6. The first-order valence-electron chi connectivity index (χ1n) is 20.7. The highest BCUT2D eigenvalue weighted by Crippen LogP contribution is 2.36. The summed E-state index contributed by atoms with van der Waals surface area (Å²) in [5, 5.41) is 3.56. The van der Waals surface area contributed by atoms with E-state index in [0.717, 1.165) is 61.4 Å². The Labute approximate surface area is 360 Å². The van der Waals surface area contributed by atoms with E-state index in [4.69, 9.17) is 19.9 Å². The van der Waals surface area contributed by atoms with E-state index >= 15 is 0 Å². The first-order valence-corrected chi connectivity index (χ1v) is 20.7. The Morgan fingerprint density at radius 1 is 0.516 bits per heavy atom. The van der Waals surface area contributed by atoms with Gasteiger partial charge in [0.25, 0.3) is 0 Å². The standard InChI is InChI=1S/C56H42N6/c1-38(39(2)28-30-45-37-61(46-21-11-6-12-22-46)51-25-15-13-23-47(45)51)27-29-40(3)62-52-26-16-14-24-48(52)49-35-43(31-32-53(49)62)44-33-34-57-50(36-44)56-59-54(41-17-7-4-8-18-41)58-55(60-56)42-19-9-5-10-20-42/h4-37H,2H2,1,3H3/b30-28-,38-27+,40-29+. The maximum atomic E-state index is 4.93. The van der Waals surface area contributed by atoms with Crippen LogP contribution in [0.25, 0.3) is 95.6 Å². The minimum atomic E-state index is 0.523. The number of hydrogen-bond acceptors (Lipinski definition) is 4. The van der Waals surface area contributed by atoms with E-state index in [1.54, 1.807) is 0 Å². The molecule has 0 saturated heterocycles. The van der Waals surface area contributed by atoms with Crippen LogP contribution in [0.1, 0.15) is 19.4 Å². The molecule has 6 nitrogen and oxygen atoms in total. The molecule has 0 spiro atoms. The second kappa shape index (κ2) is 16.4. The summed E-state index contributed by atoms with van der Waals surface area (Å²) in [5.74, 6) is 1.73. The Morgan fingerprint density at radius 2 is 1.10 bits per heavy atom. The first-order chi connectivity index (χ1) is 30.5. The fourth-order valence-electron chi connectivity index (χ4n) is 8.08. The molecular formula is C56H42N6. The molecule has 10 rings (SSSR count). The van der Waals surface area contributed by atoms with Gasteiger partial charge in [0.1, 0.15) is 5.69 Å². The predicted molar refractivity (Wildman–Crippen MR) is 258 cm³/mol. The molecule has 0 unspecified atom stereocenters. The fourth-order valence-corrected chi connectivity index (χ4v) is 8.08. The highest BCUT2D eigenvalue weighted by Gasteiger charge is 2.16. The van der Waals surface area contributed by atoms with E-state index in [-0.39, 0.29) is 0 Å². The Bertz CT molecular complexity index is 3310. The Hall–Kier alpha value is -8.22. The zero-order valence-corrected chi connectivity index (χ0v) is 34.5. The fraction of sp³-hybridized carbons (Fsp3) is 0.0357. The number of benzene rings is 6. The molecule has 4 heterocycles. The van der Waals surface area contributed by atoms with Crippen LogP contribution in [0.3, 0.4) is 0 Å². The van der Waals surface area contributed by atoms with Crippen LogP contribution in [0.2, 0.25) is 0 Å². The van der Waals surface area contributed by atoms with Gasteiger partial charge >= 0.3 is 0 Å².